The van der Waals surface area contributed by atoms with Gasteiger partial charge in [0.25, 0.3) is 32.4 Å². The summed E-state index contributed by atoms with van der Waals surface area (Å²) in [6.45, 7) is 5.00. The third kappa shape index (κ3) is 20.2. The molecule has 0 saturated carbocycles. The van der Waals surface area contributed by atoms with Gasteiger partial charge in [0.1, 0.15) is 12.0 Å². The number of aromatic nitrogens is 5. The summed E-state index contributed by atoms with van der Waals surface area (Å²) in [6, 6.07) is 6.88. The molecule has 20 nitrogen and oxygen atoms in total. The van der Waals surface area contributed by atoms with Gasteiger partial charge in [-0.25, -0.2) is 32.6 Å². The monoisotopic (exact) mass is 1160 g/mol. The first-order valence-electron chi connectivity index (χ1n) is 20.4. The second-order valence-electron chi connectivity index (χ2n) is 15.5. The van der Waals surface area contributed by atoms with Gasteiger partial charge >= 0.3 is 12.4 Å². The lowest BCUT2D eigenvalue weighted by Gasteiger charge is -2.20. The number of nitrogens with zero attached hydrogens (tertiary/aromatic N) is 7. The minimum Gasteiger partial charge on any atom is -0.333 e. The van der Waals surface area contributed by atoms with Crippen LogP contribution in [0.2, 0.25) is 20.1 Å². The SMILES string of the molecule is CC(CN(C)C)n1cnnc1-c1ncc(Cl)cc1NS(=O)(=O)c1ccc(Cl)c(C(F)(F)F)c1.CC(N)CN(C)C.COC(OC)OC.NNC(=O)c1ncc(Cl)cc1NS(=O)(=O)c1ccc(Cl)c(C(F)(F)F)c1. The molecule has 406 valence electrons. The molecule has 2 unspecified atom stereocenters. The van der Waals surface area contributed by atoms with Crippen molar-refractivity contribution >= 4 is 83.7 Å². The zero-order valence-electron chi connectivity index (χ0n) is 40.1. The van der Waals surface area contributed by atoms with E-state index in [2.05, 4.69) is 44.0 Å². The Morgan fingerprint density at radius 3 is 1.55 bits per heavy atom. The van der Waals surface area contributed by atoms with Crippen LogP contribution in [0.5, 0.6) is 0 Å². The standard InChI is InChI=1S/C19H19Cl2F3N6O2S.C13H9Cl2F3N4O3S.C5H14N2.C4H10O3/c1-11(9-29(2)3)30-10-26-27-18(30)17-16(6-12(20)8-25-17)28-33(31,32)13-4-5-15(21)14(7-13)19(22,23)24;14-6-3-10(11(20-5-6)12(23)21-19)22-26(24,25)7-1-2-9(15)8(4-7)13(16,17)18;1-5(6)4-7(2)3;1-5-4(6-2)7-3/h4-8,10-11,28H,9H2,1-3H3;1-5,22H,19H2,(H,21,23);5H,4,6H2,1-3H3;4H,1-3H3. The summed E-state index contributed by atoms with van der Waals surface area (Å²) in [5.41, 5.74) is 3.85. The number of anilines is 2. The number of ether oxygens (including phenoxy) is 3. The number of carbonyl (C=O) groups excluding carboxylic acids is 1. The van der Waals surface area contributed by atoms with E-state index in [0.717, 1.165) is 43.1 Å². The Balaban J connectivity index is 0.000000402. The van der Waals surface area contributed by atoms with Crippen LogP contribution in [0.25, 0.3) is 11.5 Å². The Kier molecular flexibility index (Phi) is 25.0. The second kappa shape index (κ2) is 28.3. The maximum Gasteiger partial charge on any atom is 0.417 e. The highest BCUT2D eigenvalue weighted by Gasteiger charge is 2.36. The fraction of sp³-hybridized carbons (Fsp3) is 0.390. The number of benzene rings is 2. The highest BCUT2D eigenvalue weighted by molar-refractivity contribution is 7.93. The first kappa shape index (κ1) is 64.4. The van der Waals surface area contributed by atoms with Crippen LogP contribution in [0.3, 0.4) is 0 Å². The molecule has 1 amide bonds. The van der Waals surface area contributed by atoms with Crippen molar-refractivity contribution < 1.29 is 62.2 Å². The number of carbonyl (C=O) groups is 1. The quantitative estimate of drug-likeness (QED) is 0.0210. The number of halogens is 10. The van der Waals surface area contributed by atoms with Crippen molar-refractivity contribution in [1.82, 2.24) is 40.0 Å². The number of sulfonamides is 2. The van der Waals surface area contributed by atoms with Gasteiger partial charge in [0.15, 0.2) is 11.5 Å². The van der Waals surface area contributed by atoms with E-state index >= 15 is 0 Å². The summed E-state index contributed by atoms with van der Waals surface area (Å²) in [7, 11) is 3.36. The van der Waals surface area contributed by atoms with E-state index in [0.29, 0.717) is 24.7 Å². The van der Waals surface area contributed by atoms with Crippen molar-refractivity contribution in [2.24, 2.45) is 11.6 Å². The number of nitrogen functional groups attached to an aromatic ring is 1. The van der Waals surface area contributed by atoms with Gasteiger partial charge in [-0.05, 0) is 90.6 Å². The van der Waals surface area contributed by atoms with Gasteiger partial charge in [-0.15, -0.1) is 10.2 Å². The van der Waals surface area contributed by atoms with Crippen molar-refractivity contribution in [2.75, 3.05) is 72.1 Å². The highest BCUT2D eigenvalue weighted by Crippen LogP contribution is 2.38. The molecule has 2 atom stereocenters. The summed E-state index contributed by atoms with van der Waals surface area (Å²) in [6.07, 6.45) is -5.84. The molecule has 0 saturated heterocycles. The molecule has 0 bridgehead atoms. The van der Waals surface area contributed by atoms with Crippen molar-refractivity contribution in [3.8, 4) is 11.5 Å². The highest BCUT2D eigenvalue weighted by atomic mass is 35.5. The molecule has 0 spiro atoms. The molecular weight excluding hydrogens is 1110 g/mol. The third-order valence-electron chi connectivity index (χ3n) is 8.77. The molecule has 5 rings (SSSR count). The van der Waals surface area contributed by atoms with Crippen LogP contribution in [-0.4, -0.2) is 132 Å². The smallest absolute Gasteiger partial charge is 0.333 e. The zero-order valence-corrected chi connectivity index (χ0v) is 44.8. The third-order valence-corrected chi connectivity index (χ3v) is 12.6. The van der Waals surface area contributed by atoms with Gasteiger partial charge in [0.05, 0.1) is 52.4 Å². The average Bonchev–Trinajstić information content (AvgIpc) is 3.76. The minimum absolute atomic E-state index is 0.0247. The number of hydrogen-bond donors (Lipinski definition) is 5. The number of pyridine rings is 2. The van der Waals surface area contributed by atoms with Crippen LogP contribution in [0, 0.1) is 0 Å². The molecule has 73 heavy (non-hydrogen) atoms. The predicted octanol–water partition coefficient (Wildman–Crippen LogP) is 7.51. The van der Waals surface area contributed by atoms with E-state index in [1.165, 1.54) is 39.9 Å². The summed E-state index contributed by atoms with van der Waals surface area (Å²) in [5, 5.41) is 6.76. The average molecular weight is 1160 g/mol. The Morgan fingerprint density at radius 1 is 0.726 bits per heavy atom. The molecule has 0 radical (unpaired) electrons. The van der Waals surface area contributed by atoms with Gasteiger partial charge < -0.3 is 34.3 Å². The number of nitrogens with one attached hydrogen (secondary N) is 3. The second-order valence-corrected chi connectivity index (χ2v) is 20.5. The van der Waals surface area contributed by atoms with E-state index < -0.39 is 81.4 Å². The Morgan fingerprint density at radius 2 is 1.16 bits per heavy atom. The first-order chi connectivity index (χ1) is 33.7. The van der Waals surface area contributed by atoms with Gasteiger partial charge in [0, 0.05) is 58.9 Å². The largest absolute Gasteiger partial charge is 0.417 e. The number of alkyl halides is 6. The summed E-state index contributed by atoms with van der Waals surface area (Å²) < 4.78 is 149. The summed E-state index contributed by atoms with van der Waals surface area (Å²) in [4.78, 5) is 22.2. The Labute approximate surface area is 437 Å². The first-order valence-corrected chi connectivity index (χ1v) is 24.8. The Bertz CT molecular complexity index is 2820. The van der Waals surface area contributed by atoms with Gasteiger partial charge in [0.2, 0.25) is 0 Å². The van der Waals surface area contributed by atoms with Crippen molar-refractivity contribution in [2.45, 2.75) is 54.6 Å². The lowest BCUT2D eigenvalue weighted by Crippen LogP contribution is -2.31. The van der Waals surface area contributed by atoms with Gasteiger partial charge in [-0.1, -0.05) is 46.4 Å². The fourth-order valence-corrected chi connectivity index (χ4v) is 8.79. The Hall–Kier alpha value is -4.69. The van der Waals surface area contributed by atoms with Gasteiger partial charge in [-0.3, -0.25) is 19.7 Å². The van der Waals surface area contributed by atoms with Crippen LogP contribution < -0.4 is 26.4 Å². The van der Waals surface area contributed by atoms with E-state index in [9.17, 15) is 48.0 Å². The van der Waals surface area contributed by atoms with Crippen LogP contribution in [0.4, 0.5) is 37.7 Å². The maximum absolute atomic E-state index is 13.2. The van der Waals surface area contributed by atoms with Crippen LogP contribution in [-0.2, 0) is 46.6 Å². The number of methoxy groups -OCH3 is 3. The van der Waals surface area contributed by atoms with E-state index in [1.54, 1.807) is 9.99 Å². The summed E-state index contributed by atoms with van der Waals surface area (Å²) in [5.74, 6) is 4.30. The molecular formula is C41H52Cl4F6N12O8S2. The zero-order chi connectivity index (χ0) is 55.8. The molecule has 0 aliphatic rings. The number of likely N-dealkylation sites (N-methyl/N-ethyl adjacent to an activating group) is 2. The normalized spacial score (nSPS) is 12.7. The topological polar surface area (TPSA) is 264 Å². The number of nitrogens with two attached hydrogens (primary N) is 2. The molecule has 0 fully saturated rings. The molecule has 3 heterocycles. The van der Waals surface area contributed by atoms with Crippen LogP contribution in [0.1, 0.15) is 41.5 Å². The van der Waals surface area contributed by atoms with Crippen molar-refractivity contribution in [3.63, 3.8) is 0 Å². The van der Waals surface area contributed by atoms with E-state index in [1.807, 2.05) is 51.7 Å². The number of amides is 1. The maximum atomic E-state index is 13.2. The van der Waals surface area contributed by atoms with Crippen molar-refractivity contribution in [1.29, 1.82) is 0 Å². The fourth-order valence-electron chi connectivity index (χ4n) is 5.86. The summed E-state index contributed by atoms with van der Waals surface area (Å²) >= 11 is 22.8. The van der Waals surface area contributed by atoms with E-state index in [4.69, 9.17) is 58.0 Å². The molecule has 2 aromatic carbocycles. The number of rotatable bonds is 16. The molecule has 3 aromatic heterocycles. The van der Waals surface area contributed by atoms with Crippen molar-refractivity contribution in [3.05, 3.63) is 104 Å². The molecule has 0 aliphatic carbocycles. The molecule has 5 aromatic rings. The van der Waals surface area contributed by atoms with E-state index in [-0.39, 0.29) is 39.0 Å². The minimum atomic E-state index is -4.86. The molecule has 32 heteroatoms. The lowest BCUT2D eigenvalue weighted by molar-refractivity contribution is -0.252. The predicted molar refractivity (Wildman–Crippen MR) is 264 cm³/mol. The van der Waals surface area contributed by atoms with Gasteiger partial charge in [-0.2, -0.15) is 26.3 Å². The number of hydrazine groups is 1. The molecule has 7 N–H and O–H groups in total. The lowest BCUT2D eigenvalue weighted by atomic mass is 10.2. The van der Waals surface area contributed by atoms with Crippen LogP contribution in [0.15, 0.2) is 77.0 Å². The van der Waals surface area contributed by atoms with Crippen LogP contribution >= 0.6 is 46.4 Å². The molecule has 0 aliphatic heterocycles. The number of hydrogen-bond acceptors (Lipinski definition) is 16.